The molecule has 1 aliphatic rings. The maximum absolute atomic E-state index is 13.6. The first-order valence-electron chi connectivity index (χ1n) is 12.5. The number of nitrogens with zero attached hydrogens (tertiary/aromatic N) is 3. The number of benzene rings is 1. The lowest BCUT2D eigenvalue weighted by molar-refractivity contribution is -0.145. The number of esters is 1. The van der Waals surface area contributed by atoms with Crippen molar-refractivity contribution in [3.63, 3.8) is 0 Å². The molecule has 0 unspecified atom stereocenters. The van der Waals surface area contributed by atoms with Crippen molar-refractivity contribution in [3.05, 3.63) is 66.1 Å². The summed E-state index contributed by atoms with van der Waals surface area (Å²) in [6.07, 6.45) is 5.02. The number of ether oxygens (including phenoxy) is 1. The number of para-hydroxylation sites is 1. The molecule has 1 fully saturated rings. The molecular formula is C27H32N6O5. The molecular weight excluding hydrogens is 488 g/mol. The Hall–Kier alpha value is -4.41. The van der Waals surface area contributed by atoms with Crippen LogP contribution in [0.2, 0.25) is 0 Å². The van der Waals surface area contributed by atoms with E-state index in [9.17, 15) is 19.2 Å². The van der Waals surface area contributed by atoms with Crippen LogP contribution in [-0.4, -0.2) is 88.5 Å². The maximum atomic E-state index is 13.6. The van der Waals surface area contributed by atoms with Gasteiger partial charge in [-0.25, -0.2) is 9.59 Å². The van der Waals surface area contributed by atoms with Gasteiger partial charge in [-0.3, -0.25) is 14.6 Å². The zero-order valence-corrected chi connectivity index (χ0v) is 21.6. The monoisotopic (exact) mass is 520 g/mol. The summed E-state index contributed by atoms with van der Waals surface area (Å²) < 4.78 is 4.98. The Bertz CT molecular complexity index is 1310. The van der Waals surface area contributed by atoms with Crippen LogP contribution in [0, 0.1) is 0 Å². The van der Waals surface area contributed by atoms with Gasteiger partial charge in [0.05, 0.1) is 19.2 Å². The minimum absolute atomic E-state index is 0.0357. The number of carbonyl (C=O) groups is 4. The van der Waals surface area contributed by atoms with E-state index in [1.807, 2.05) is 38.1 Å². The summed E-state index contributed by atoms with van der Waals surface area (Å²) in [4.78, 5) is 62.5. The third-order valence-electron chi connectivity index (χ3n) is 6.45. The van der Waals surface area contributed by atoms with Crippen molar-refractivity contribution in [1.29, 1.82) is 0 Å². The van der Waals surface area contributed by atoms with Crippen LogP contribution < -0.4 is 10.6 Å². The third-order valence-corrected chi connectivity index (χ3v) is 6.45. The topological polar surface area (TPSA) is 137 Å². The lowest BCUT2D eigenvalue weighted by atomic mass is 10.0. The molecule has 0 bridgehead atoms. The van der Waals surface area contributed by atoms with Gasteiger partial charge in [0.2, 0.25) is 5.91 Å². The summed E-state index contributed by atoms with van der Waals surface area (Å²) in [5.74, 6) is -1.45. The summed E-state index contributed by atoms with van der Waals surface area (Å²) in [7, 11) is 1.26. The molecule has 0 radical (unpaired) electrons. The summed E-state index contributed by atoms with van der Waals surface area (Å²) in [5.41, 5.74) is 2.13. The molecule has 0 saturated carbocycles. The van der Waals surface area contributed by atoms with Gasteiger partial charge in [0, 0.05) is 55.0 Å². The Labute approximate surface area is 220 Å². The molecule has 3 aromatic rings. The highest BCUT2D eigenvalue weighted by Crippen LogP contribution is 2.20. The molecule has 2 atom stereocenters. The number of H-pyrrole nitrogens is 1. The van der Waals surface area contributed by atoms with Crippen LogP contribution in [0.4, 0.5) is 4.79 Å². The van der Waals surface area contributed by atoms with Crippen molar-refractivity contribution in [1.82, 2.24) is 30.4 Å². The first-order valence-corrected chi connectivity index (χ1v) is 12.5. The molecule has 11 heteroatoms. The fourth-order valence-electron chi connectivity index (χ4n) is 4.56. The average Bonchev–Trinajstić information content (AvgIpc) is 3.34. The highest BCUT2D eigenvalue weighted by molar-refractivity contribution is 5.96. The van der Waals surface area contributed by atoms with Gasteiger partial charge in [0.1, 0.15) is 12.1 Å². The molecule has 0 spiro atoms. The number of piperazine rings is 1. The minimum atomic E-state index is -1.02. The molecule has 3 N–H and O–H groups in total. The van der Waals surface area contributed by atoms with E-state index < -0.39 is 30.0 Å². The molecule has 4 rings (SSSR count). The number of methoxy groups -OCH3 is 1. The van der Waals surface area contributed by atoms with Gasteiger partial charge in [0.15, 0.2) is 0 Å². The molecule has 11 nitrogen and oxygen atoms in total. The quantitative estimate of drug-likeness (QED) is 0.406. The lowest BCUT2D eigenvalue weighted by Gasteiger charge is -2.41. The van der Waals surface area contributed by atoms with Crippen molar-refractivity contribution < 1.29 is 23.9 Å². The molecule has 3 heterocycles. The Morgan fingerprint density at radius 3 is 2.61 bits per heavy atom. The maximum Gasteiger partial charge on any atom is 0.328 e. The van der Waals surface area contributed by atoms with Crippen LogP contribution in [0.3, 0.4) is 0 Å². The van der Waals surface area contributed by atoms with Crippen LogP contribution >= 0.6 is 0 Å². The number of nitrogens with one attached hydrogen (secondary N) is 3. The standard InChI is InChI=1S/C27H32N6O5/c1-17(2)30-27(37)33-12-11-32(25(35)18-7-6-10-28-14-18)16-23(33)24(34)31-22(26(36)38-3)13-19-15-29-21-9-5-4-8-20(19)21/h4-10,14-15,17,22-23,29H,11-13,16H2,1-3H3,(H,30,37)(H,31,34)/t22-,23+/m1/s1. The van der Waals surface area contributed by atoms with E-state index in [2.05, 4.69) is 20.6 Å². The van der Waals surface area contributed by atoms with Gasteiger partial charge in [-0.05, 0) is 37.6 Å². The number of carbonyl (C=O) groups excluding carboxylic acids is 4. The van der Waals surface area contributed by atoms with E-state index in [-0.39, 0.29) is 38.0 Å². The van der Waals surface area contributed by atoms with Crippen LogP contribution in [0.5, 0.6) is 0 Å². The molecule has 1 aromatic carbocycles. The van der Waals surface area contributed by atoms with E-state index in [1.54, 1.807) is 24.5 Å². The van der Waals surface area contributed by atoms with Gasteiger partial charge >= 0.3 is 12.0 Å². The smallest absolute Gasteiger partial charge is 0.328 e. The van der Waals surface area contributed by atoms with Crippen LogP contribution in [0.25, 0.3) is 10.9 Å². The number of fused-ring (bicyclic) bond motifs is 1. The number of aromatic amines is 1. The number of rotatable bonds is 7. The van der Waals surface area contributed by atoms with Crippen molar-refractivity contribution >= 4 is 34.7 Å². The van der Waals surface area contributed by atoms with Crippen molar-refractivity contribution in [2.75, 3.05) is 26.7 Å². The Kier molecular flexibility index (Phi) is 8.25. The summed E-state index contributed by atoms with van der Waals surface area (Å²) >= 11 is 0. The van der Waals surface area contributed by atoms with E-state index in [4.69, 9.17) is 4.74 Å². The second kappa shape index (κ2) is 11.8. The predicted molar refractivity (Wildman–Crippen MR) is 140 cm³/mol. The van der Waals surface area contributed by atoms with Crippen molar-refractivity contribution in [3.8, 4) is 0 Å². The van der Waals surface area contributed by atoms with E-state index in [1.165, 1.54) is 23.1 Å². The van der Waals surface area contributed by atoms with Crippen LogP contribution in [0.1, 0.15) is 29.8 Å². The lowest BCUT2D eigenvalue weighted by Crippen LogP contribution is -2.64. The minimum Gasteiger partial charge on any atom is -0.467 e. The van der Waals surface area contributed by atoms with E-state index >= 15 is 0 Å². The van der Waals surface area contributed by atoms with E-state index in [0.29, 0.717) is 5.56 Å². The Morgan fingerprint density at radius 1 is 1.11 bits per heavy atom. The summed E-state index contributed by atoms with van der Waals surface area (Å²) in [6, 6.07) is 8.39. The third kappa shape index (κ3) is 5.93. The van der Waals surface area contributed by atoms with Crippen molar-refractivity contribution in [2.45, 2.75) is 38.4 Å². The highest BCUT2D eigenvalue weighted by Gasteiger charge is 2.39. The fourth-order valence-corrected chi connectivity index (χ4v) is 4.56. The number of hydrogen-bond acceptors (Lipinski definition) is 6. The zero-order chi connectivity index (χ0) is 27.2. The average molecular weight is 521 g/mol. The van der Waals surface area contributed by atoms with Gasteiger partial charge < -0.3 is 30.2 Å². The van der Waals surface area contributed by atoms with Crippen molar-refractivity contribution in [2.24, 2.45) is 0 Å². The first kappa shape index (κ1) is 26.6. The Balaban J connectivity index is 1.57. The first-order chi connectivity index (χ1) is 18.3. The molecule has 2 aromatic heterocycles. The molecule has 38 heavy (non-hydrogen) atoms. The number of hydrogen-bond donors (Lipinski definition) is 3. The predicted octanol–water partition coefficient (Wildman–Crippen LogP) is 1.71. The van der Waals surface area contributed by atoms with Gasteiger partial charge in [-0.15, -0.1) is 0 Å². The van der Waals surface area contributed by atoms with Crippen LogP contribution in [0.15, 0.2) is 55.0 Å². The molecule has 4 amide bonds. The summed E-state index contributed by atoms with van der Waals surface area (Å²) in [5, 5.41) is 6.52. The fraction of sp³-hybridized carbons (Fsp3) is 0.370. The summed E-state index contributed by atoms with van der Waals surface area (Å²) in [6.45, 7) is 4.01. The van der Waals surface area contributed by atoms with Gasteiger partial charge in [-0.1, -0.05) is 18.2 Å². The number of urea groups is 1. The van der Waals surface area contributed by atoms with E-state index in [0.717, 1.165) is 16.5 Å². The number of aromatic nitrogens is 2. The Morgan fingerprint density at radius 2 is 1.89 bits per heavy atom. The normalized spacial score (nSPS) is 16.3. The molecule has 1 aliphatic heterocycles. The number of pyridine rings is 1. The number of amides is 4. The second-order valence-electron chi connectivity index (χ2n) is 9.45. The molecule has 1 saturated heterocycles. The molecule has 0 aliphatic carbocycles. The largest absolute Gasteiger partial charge is 0.467 e. The zero-order valence-electron chi connectivity index (χ0n) is 21.6. The highest BCUT2D eigenvalue weighted by atomic mass is 16.5. The SMILES string of the molecule is COC(=O)[C@@H](Cc1c[nH]c2ccccc12)NC(=O)[C@@H]1CN(C(=O)c2cccnc2)CCN1C(=O)NC(C)C. The van der Waals surface area contributed by atoms with Crippen LogP contribution in [-0.2, 0) is 20.7 Å². The molecule has 200 valence electrons. The second-order valence-corrected chi connectivity index (χ2v) is 9.45. The van der Waals surface area contributed by atoms with Gasteiger partial charge in [-0.2, -0.15) is 0 Å². The van der Waals surface area contributed by atoms with Gasteiger partial charge in [0.25, 0.3) is 5.91 Å².